The number of nitrogen functional groups attached to an aromatic ring is 1. The minimum absolute atomic E-state index is 0.309. The van der Waals surface area contributed by atoms with Gasteiger partial charge in [-0.05, 0) is 18.9 Å². The van der Waals surface area contributed by atoms with Crippen molar-refractivity contribution in [2.45, 2.75) is 13.0 Å². The molecule has 0 aromatic carbocycles. The molecule has 78 valence electrons. The highest BCUT2D eigenvalue weighted by Crippen LogP contribution is 2.21. The van der Waals surface area contributed by atoms with E-state index < -0.39 is 0 Å². The minimum Gasteiger partial charge on any atom is -0.398 e. The molecule has 0 bridgehead atoms. The molecule has 0 fully saturated rings. The number of hydrogen-bond donors (Lipinski definition) is 2. The van der Waals surface area contributed by atoms with Crippen LogP contribution >= 0.6 is 11.8 Å². The van der Waals surface area contributed by atoms with E-state index in [1.54, 1.807) is 6.20 Å². The van der Waals surface area contributed by atoms with Crippen LogP contribution in [-0.4, -0.2) is 23.5 Å². The Labute approximate surface area is 89.5 Å². The van der Waals surface area contributed by atoms with E-state index in [-0.39, 0.29) is 0 Å². The van der Waals surface area contributed by atoms with Crippen LogP contribution in [0.4, 0.5) is 5.69 Å². The third-order valence-corrected chi connectivity index (χ3v) is 2.71. The molecule has 0 saturated heterocycles. The highest BCUT2D eigenvalue weighted by molar-refractivity contribution is 7.98. The molecular weight excluding hydrogens is 194 g/mol. The number of anilines is 1. The maximum Gasteiger partial charge on any atom is 0.0447 e. The molecule has 14 heavy (non-hydrogen) atoms. The van der Waals surface area contributed by atoms with Gasteiger partial charge in [-0.3, -0.25) is 4.98 Å². The molecule has 1 aromatic heterocycles. The van der Waals surface area contributed by atoms with E-state index in [9.17, 15) is 0 Å². The molecule has 1 aromatic rings. The second-order valence-corrected chi connectivity index (χ2v) is 3.98. The van der Waals surface area contributed by atoms with Gasteiger partial charge < -0.3 is 11.1 Å². The standard InChI is InChI=1S/C10H17N3S/c1-3-13-10(7-14-2)8-6-12-5-4-9(8)11/h4-6,10,13H,3,7H2,1-2H3,(H2,11,12). The van der Waals surface area contributed by atoms with E-state index in [1.807, 2.05) is 24.0 Å². The number of aromatic nitrogens is 1. The third-order valence-electron chi connectivity index (χ3n) is 2.05. The topological polar surface area (TPSA) is 50.9 Å². The van der Waals surface area contributed by atoms with Crippen molar-refractivity contribution < 1.29 is 0 Å². The normalized spacial score (nSPS) is 12.7. The van der Waals surface area contributed by atoms with E-state index in [1.165, 1.54) is 0 Å². The van der Waals surface area contributed by atoms with Crippen LogP contribution in [0, 0.1) is 0 Å². The molecule has 0 aliphatic heterocycles. The Morgan fingerprint density at radius 3 is 3.00 bits per heavy atom. The Balaban J connectivity index is 2.81. The van der Waals surface area contributed by atoms with Crippen molar-refractivity contribution >= 4 is 17.4 Å². The summed E-state index contributed by atoms with van der Waals surface area (Å²) in [5.74, 6) is 1.02. The van der Waals surface area contributed by atoms with Gasteiger partial charge in [-0.25, -0.2) is 0 Å². The lowest BCUT2D eigenvalue weighted by molar-refractivity contribution is 0.606. The molecule has 4 heteroatoms. The first-order valence-corrected chi connectivity index (χ1v) is 6.10. The van der Waals surface area contributed by atoms with Crippen molar-refractivity contribution in [1.29, 1.82) is 0 Å². The molecule has 0 saturated carbocycles. The summed E-state index contributed by atoms with van der Waals surface area (Å²) in [6.07, 6.45) is 5.66. The van der Waals surface area contributed by atoms with Crippen molar-refractivity contribution in [3.8, 4) is 0 Å². The number of nitrogens with two attached hydrogens (primary N) is 1. The summed E-state index contributed by atoms with van der Waals surface area (Å²) < 4.78 is 0. The van der Waals surface area contributed by atoms with Crippen molar-refractivity contribution in [3.63, 3.8) is 0 Å². The highest BCUT2D eigenvalue weighted by Gasteiger charge is 2.11. The molecule has 0 radical (unpaired) electrons. The van der Waals surface area contributed by atoms with Gasteiger partial charge in [0.15, 0.2) is 0 Å². The van der Waals surface area contributed by atoms with E-state index in [4.69, 9.17) is 5.73 Å². The van der Waals surface area contributed by atoms with Gasteiger partial charge in [0.2, 0.25) is 0 Å². The molecule has 1 heterocycles. The average Bonchev–Trinajstić information content (AvgIpc) is 2.18. The molecule has 0 aliphatic carbocycles. The summed E-state index contributed by atoms with van der Waals surface area (Å²) >= 11 is 1.81. The summed E-state index contributed by atoms with van der Waals surface area (Å²) in [7, 11) is 0. The second kappa shape index (κ2) is 5.88. The highest BCUT2D eigenvalue weighted by atomic mass is 32.2. The molecule has 1 atom stereocenters. The predicted molar refractivity (Wildman–Crippen MR) is 63.4 cm³/mol. The molecule has 3 N–H and O–H groups in total. The lowest BCUT2D eigenvalue weighted by Crippen LogP contribution is -2.23. The van der Waals surface area contributed by atoms with Crippen molar-refractivity contribution in [2.24, 2.45) is 0 Å². The smallest absolute Gasteiger partial charge is 0.0447 e. The van der Waals surface area contributed by atoms with Crippen LogP contribution in [-0.2, 0) is 0 Å². The zero-order valence-electron chi connectivity index (χ0n) is 8.66. The first-order valence-electron chi connectivity index (χ1n) is 4.71. The summed E-state index contributed by atoms with van der Waals surface area (Å²) in [4.78, 5) is 4.10. The van der Waals surface area contributed by atoms with Gasteiger partial charge in [-0.15, -0.1) is 0 Å². The quantitative estimate of drug-likeness (QED) is 0.778. The van der Waals surface area contributed by atoms with Crippen LogP contribution in [0.15, 0.2) is 18.5 Å². The van der Waals surface area contributed by atoms with Gasteiger partial charge in [-0.1, -0.05) is 6.92 Å². The first kappa shape index (κ1) is 11.3. The van der Waals surface area contributed by atoms with Gasteiger partial charge in [0.1, 0.15) is 0 Å². The van der Waals surface area contributed by atoms with Crippen molar-refractivity contribution in [1.82, 2.24) is 10.3 Å². The number of thioether (sulfide) groups is 1. The number of pyridine rings is 1. The number of rotatable bonds is 5. The van der Waals surface area contributed by atoms with E-state index in [2.05, 4.69) is 23.5 Å². The second-order valence-electron chi connectivity index (χ2n) is 3.07. The van der Waals surface area contributed by atoms with Crippen LogP contribution < -0.4 is 11.1 Å². The van der Waals surface area contributed by atoms with Gasteiger partial charge in [-0.2, -0.15) is 11.8 Å². The number of nitrogens with zero attached hydrogens (tertiary/aromatic N) is 1. The zero-order chi connectivity index (χ0) is 10.4. The van der Waals surface area contributed by atoms with Gasteiger partial charge in [0, 0.05) is 35.4 Å². The van der Waals surface area contributed by atoms with E-state index in [0.717, 1.165) is 23.5 Å². The SMILES string of the molecule is CCNC(CSC)c1cnccc1N. The first-order chi connectivity index (χ1) is 6.79. The molecule has 3 nitrogen and oxygen atoms in total. The number of nitrogens with one attached hydrogen (secondary N) is 1. The minimum atomic E-state index is 0.309. The lowest BCUT2D eigenvalue weighted by atomic mass is 10.1. The van der Waals surface area contributed by atoms with Gasteiger partial charge >= 0.3 is 0 Å². The largest absolute Gasteiger partial charge is 0.398 e. The Morgan fingerprint density at radius 2 is 2.43 bits per heavy atom. The summed E-state index contributed by atoms with van der Waals surface area (Å²) in [6.45, 7) is 3.04. The fourth-order valence-electron chi connectivity index (χ4n) is 1.38. The van der Waals surface area contributed by atoms with Crippen LogP contribution in [0.1, 0.15) is 18.5 Å². The predicted octanol–water partition coefficient (Wildman–Crippen LogP) is 1.68. The summed E-state index contributed by atoms with van der Waals surface area (Å²) in [5, 5.41) is 3.40. The maximum atomic E-state index is 5.89. The van der Waals surface area contributed by atoms with E-state index >= 15 is 0 Å². The average molecular weight is 211 g/mol. The van der Waals surface area contributed by atoms with Gasteiger partial charge in [0.05, 0.1) is 0 Å². The molecular formula is C10H17N3S. The van der Waals surface area contributed by atoms with Gasteiger partial charge in [0.25, 0.3) is 0 Å². The van der Waals surface area contributed by atoms with Crippen LogP contribution in [0.3, 0.4) is 0 Å². The maximum absolute atomic E-state index is 5.89. The fraction of sp³-hybridized carbons (Fsp3) is 0.500. The lowest BCUT2D eigenvalue weighted by Gasteiger charge is -2.18. The third kappa shape index (κ3) is 2.89. The summed E-state index contributed by atoms with van der Waals surface area (Å²) in [5.41, 5.74) is 7.81. The molecule has 0 spiro atoms. The zero-order valence-corrected chi connectivity index (χ0v) is 9.47. The molecule has 0 amide bonds. The number of hydrogen-bond acceptors (Lipinski definition) is 4. The van der Waals surface area contributed by atoms with Crippen LogP contribution in [0.5, 0.6) is 0 Å². The van der Waals surface area contributed by atoms with Crippen molar-refractivity contribution in [3.05, 3.63) is 24.0 Å². The van der Waals surface area contributed by atoms with Crippen LogP contribution in [0.25, 0.3) is 0 Å². The Kier molecular flexibility index (Phi) is 4.76. The van der Waals surface area contributed by atoms with Crippen LogP contribution in [0.2, 0.25) is 0 Å². The Hall–Kier alpha value is -0.740. The molecule has 0 aliphatic rings. The monoisotopic (exact) mass is 211 g/mol. The Morgan fingerprint density at radius 1 is 1.64 bits per heavy atom. The van der Waals surface area contributed by atoms with Crippen molar-refractivity contribution in [2.75, 3.05) is 24.3 Å². The molecule has 1 rings (SSSR count). The van der Waals surface area contributed by atoms with E-state index in [0.29, 0.717) is 6.04 Å². The fourth-order valence-corrected chi connectivity index (χ4v) is 2.01. The Bertz CT molecular complexity index is 272. The summed E-state index contributed by atoms with van der Waals surface area (Å²) in [6, 6.07) is 2.16. The molecule has 1 unspecified atom stereocenters.